The average molecular weight is 394 g/mol. The molecular formula is C24H31N3O2. The molecule has 1 heterocycles. The number of para-hydroxylation sites is 1. The monoisotopic (exact) mass is 393 g/mol. The number of piperidine rings is 1. The lowest BCUT2D eigenvalue weighted by atomic mass is 9.97. The van der Waals surface area contributed by atoms with Crippen LogP contribution in [-0.2, 0) is 9.59 Å². The number of nitrogens with one attached hydrogen (secondary N) is 2. The second-order valence-electron chi connectivity index (χ2n) is 7.87. The lowest BCUT2D eigenvalue weighted by Crippen LogP contribution is -2.45. The minimum Gasteiger partial charge on any atom is -0.348 e. The van der Waals surface area contributed by atoms with Crippen molar-refractivity contribution in [2.75, 3.05) is 25.0 Å². The standard InChI is InChI=1S/C24H31N3O2/c1-3-22(19-13-11-18(2)12-14-19)26-23(28)17-27-15-7-8-20(16-27)24(29)25-21-9-5-4-6-10-21/h4-6,9-14,20,22H,3,7-8,15-17H2,1-2H3,(H,25,29)(H,26,28)/t20-,22-/m0/s1. The summed E-state index contributed by atoms with van der Waals surface area (Å²) in [5.41, 5.74) is 3.16. The first-order valence-corrected chi connectivity index (χ1v) is 10.5. The third-order valence-electron chi connectivity index (χ3n) is 5.51. The Morgan fingerprint density at radius 1 is 1.10 bits per heavy atom. The summed E-state index contributed by atoms with van der Waals surface area (Å²) in [6, 6.07) is 17.8. The van der Waals surface area contributed by atoms with Crippen molar-refractivity contribution >= 4 is 17.5 Å². The van der Waals surface area contributed by atoms with Crippen molar-refractivity contribution in [1.82, 2.24) is 10.2 Å². The molecule has 0 unspecified atom stereocenters. The number of benzene rings is 2. The molecule has 2 aromatic rings. The first-order chi connectivity index (χ1) is 14.0. The number of anilines is 1. The fraction of sp³-hybridized carbons (Fsp3) is 0.417. The molecule has 1 aliphatic rings. The van der Waals surface area contributed by atoms with Gasteiger partial charge < -0.3 is 10.6 Å². The topological polar surface area (TPSA) is 61.4 Å². The summed E-state index contributed by atoms with van der Waals surface area (Å²) in [6.07, 6.45) is 2.63. The summed E-state index contributed by atoms with van der Waals surface area (Å²) in [7, 11) is 0. The Labute approximate surface area is 173 Å². The van der Waals surface area contributed by atoms with E-state index < -0.39 is 0 Å². The molecule has 5 heteroatoms. The van der Waals surface area contributed by atoms with E-state index in [1.54, 1.807) is 0 Å². The zero-order valence-electron chi connectivity index (χ0n) is 17.4. The first kappa shape index (κ1) is 21.1. The summed E-state index contributed by atoms with van der Waals surface area (Å²) < 4.78 is 0. The molecule has 0 saturated carbocycles. The Morgan fingerprint density at radius 3 is 2.52 bits per heavy atom. The average Bonchev–Trinajstić information content (AvgIpc) is 2.73. The number of hydrogen-bond acceptors (Lipinski definition) is 3. The van der Waals surface area contributed by atoms with Crippen LogP contribution in [0, 0.1) is 12.8 Å². The third kappa shape index (κ3) is 6.16. The molecule has 1 aliphatic heterocycles. The quantitative estimate of drug-likeness (QED) is 0.750. The molecule has 3 rings (SSSR count). The normalized spacial score (nSPS) is 18.1. The van der Waals surface area contributed by atoms with Gasteiger partial charge in [0, 0.05) is 12.2 Å². The molecule has 5 nitrogen and oxygen atoms in total. The van der Waals surface area contributed by atoms with Crippen LogP contribution in [0.5, 0.6) is 0 Å². The Morgan fingerprint density at radius 2 is 1.83 bits per heavy atom. The zero-order chi connectivity index (χ0) is 20.6. The summed E-state index contributed by atoms with van der Waals surface area (Å²) in [6.45, 7) is 5.94. The number of likely N-dealkylation sites (tertiary alicyclic amines) is 1. The molecule has 2 N–H and O–H groups in total. The van der Waals surface area contributed by atoms with E-state index in [0.29, 0.717) is 13.1 Å². The van der Waals surface area contributed by atoms with Gasteiger partial charge in [-0.1, -0.05) is 55.0 Å². The molecule has 0 aliphatic carbocycles. The zero-order valence-corrected chi connectivity index (χ0v) is 17.4. The van der Waals surface area contributed by atoms with E-state index in [4.69, 9.17) is 0 Å². The second-order valence-corrected chi connectivity index (χ2v) is 7.87. The predicted octanol–water partition coefficient (Wildman–Crippen LogP) is 3.91. The van der Waals surface area contributed by atoms with Crippen LogP contribution in [0.2, 0.25) is 0 Å². The van der Waals surface area contributed by atoms with Gasteiger partial charge in [-0.05, 0) is 50.4 Å². The van der Waals surface area contributed by atoms with Crippen molar-refractivity contribution in [3.8, 4) is 0 Å². The number of carbonyl (C=O) groups excluding carboxylic acids is 2. The van der Waals surface area contributed by atoms with Gasteiger partial charge in [0.1, 0.15) is 0 Å². The van der Waals surface area contributed by atoms with Crippen LogP contribution >= 0.6 is 0 Å². The number of amides is 2. The van der Waals surface area contributed by atoms with Gasteiger partial charge in [0.2, 0.25) is 11.8 Å². The molecule has 154 valence electrons. The van der Waals surface area contributed by atoms with E-state index in [2.05, 4.69) is 53.6 Å². The van der Waals surface area contributed by atoms with Crippen LogP contribution in [0.1, 0.15) is 43.4 Å². The largest absolute Gasteiger partial charge is 0.348 e. The number of carbonyl (C=O) groups is 2. The van der Waals surface area contributed by atoms with Crippen LogP contribution in [0.15, 0.2) is 54.6 Å². The number of nitrogens with zero attached hydrogens (tertiary/aromatic N) is 1. The maximum Gasteiger partial charge on any atom is 0.234 e. The van der Waals surface area contributed by atoms with Gasteiger partial charge >= 0.3 is 0 Å². The highest BCUT2D eigenvalue weighted by Crippen LogP contribution is 2.20. The van der Waals surface area contributed by atoms with E-state index in [1.807, 2.05) is 30.3 Å². The Balaban J connectivity index is 1.51. The van der Waals surface area contributed by atoms with Crippen molar-refractivity contribution in [2.24, 2.45) is 5.92 Å². The van der Waals surface area contributed by atoms with E-state index in [-0.39, 0.29) is 23.8 Å². The lowest BCUT2D eigenvalue weighted by molar-refractivity contribution is -0.126. The SMILES string of the molecule is CC[C@H](NC(=O)CN1CCC[C@H](C(=O)Nc2ccccc2)C1)c1ccc(C)cc1. The van der Waals surface area contributed by atoms with Gasteiger partial charge in [0.25, 0.3) is 0 Å². The Bertz CT molecular complexity index is 805. The van der Waals surface area contributed by atoms with Gasteiger partial charge in [-0.15, -0.1) is 0 Å². The molecule has 2 aromatic carbocycles. The highest BCUT2D eigenvalue weighted by atomic mass is 16.2. The minimum atomic E-state index is -0.0872. The van der Waals surface area contributed by atoms with Crippen molar-refractivity contribution in [3.05, 3.63) is 65.7 Å². The van der Waals surface area contributed by atoms with E-state index in [0.717, 1.165) is 37.1 Å². The number of hydrogen-bond donors (Lipinski definition) is 2. The van der Waals surface area contributed by atoms with Crippen LogP contribution in [-0.4, -0.2) is 36.3 Å². The molecular weight excluding hydrogens is 362 g/mol. The van der Waals surface area contributed by atoms with Crippen LogP contribution in [0.4, 0.5) is 5.69 Å². The molecule has 0 spiro atoms. The molecule has 1 fully saturated rings. The van der Waals surface area contributed by atoms with Crippen LogP contribution < -0.4 is 10.6 Å². The van der Waals surface area contributed by atoms with Crippen molar-refractivity contribution in [2.45, 2.75) is 39.2 Å². The minimum absolute atomic E-state index is 0.0153. The second kappa shape index (κ2) is 10.2. The van der Waals surface area contributed by atoms with Crippen molar-refractivity contribution < 1.29 is 9.59 Å². The van der Waals surface area contributed by atoms with Crippen LogP contribution in [0.25, 0.3) is 0 Å². The molecule has 0 aromatic heterocycles. The van der Waals surface area contributed by atoms with Gasteiger partial charge in [-0.2, -0.15) is 0 Å². The van der Waals surface area contributed by atoms with Gasteiger partial charge in [0.05, 0.1) is 18.5 Å². The molecule has 2 atom stereocenters. The lowest BCUT2D eigenvalue weighted by Gasteiger charge is -2.32. The van der Waals surface area contributed by atoms with Gasteiger partial charge in [0.15, 0.2) is 0 Å². The van der Waals surface area contributed by atoms with Crippen molar-refractivity contribution in [1.29, 1.82) is 0 Å². The predicted molar refractivity (Wildman–Crippen MR) is 117 cm³/mol. The van der Waals surface area contributed by atoms with Gasteiger partial charge in [-0.25, -0.2) is 0 Å². The highest BCUT2D eigenvalue weighted by Gasteiger charge is 2.27. The number of aryl methyl sites for hydroxylation is 1. The molecule has 0 bridgehead atoms. The molecule has 0 radical (unpaired) electrons. The van der Waals surface area contributed by atoms with E-state index >= 15 is 0 Å². The molecule has 1 saturated heterocycles. The van der Waals surface area contributed by atoms with Gasteiger partial charge in [-0.3, -0.25) is 14.5 Å². The Hall–Kier alpha value is -2.66. The van der Waals surface area contributed by atoms with E-state index in [9.17, 15) is 9.59 Å². The summed E-state index contributed by atoms with van der Waals surface area (Å²) in [5.74, 6) is -0.0373. The fourth-order valence-corrected chi connectivity index (χ4v) is 3.84. The molecule has 2 amide bonds. The Kier molecular flexibility index (Phi) is 7.42. The van der Waals surface area contributed by atoms with Crippen molar-refractivity contribution in [3.63, 3.8) is 0 Å². The fourth-order valence-electron chi connectivity index (χ4n) is 3.84. The number of rotatable bonds is 7. The summed E-state index contributed by atoms with van der Waals surface area (Å²) in [5, 5.41) is 6.14. The third-order valence-corrected chi connectivity index (χ3v) is 5.51. The first-order valence-electron chi connectivity index (χ1n) is 10.5. The van der Waals surface area contributed by atoms with Crippen LogP contribution in [0.3, 0.4) is 0 Å². The highest BCUT2D eigenvalue weighted by molar-refractivity contribution is 5.92. The maximum absolute atomic E-state index is 12.6. The summed E-state index contributed by atoms with van der Waals surface area (Å²) in [4.78, 5) is 27.3. The molecule has 29 heavy (non-hydrogen) atoms. The van der Waals surface area contributed by atoms with E-state index in [1.165, 1.54) is 5.56 Å². The maximum atomic E-state index is 12.6. The smallest absolute Gasteiger partial charge is 0.234 e. The summed E-state index contributed by atoms with van der Waals surface area (Å²) >= 11 is 0.